The van der Waals surface area contributed by atoms with Crippen molar-refractivity contribution < 1.29 is 9.90 Å². The van der Waals surface area contributed by atoms with Crippen molar-refractivity contribution >= 4 is 28.5 Å². The number of rotatable bonds is 1. The fourth-order valence-electron chi connectivity index (χ4n) is 1.09. The van der Waals surface area contributed by atoms with Crippen molar-refractivity contribution in [3.05, 3.63) is 23.1 Å². The molecule has 0 aliphatic carbocycles. The number of aromatic amines is 1. The van der Waals surface area contributed by atoms with Crippen LogP contribution in [0.2, 0.25) is 5.15 Å². The van der Waals surface area contributed by atoms with Gasteiger partial charge in [0.05, 0.1) is 22.7 Å². The smallest absolute Gasteiger partial charge is 0.338 e. The molecule has 0 unspecified atom stereocenters. The summed E-state index contributed by atoms with van der Waals surface area (Å²) in [6.45, 7) is 0. The van der Waals surface area contributed by atoms with E-state index in [9.17, 15) is 4.79 Å². The Bertz CT molecular complexity index is 480. The Hall–Kier alpha value is -1.62. The normalized spacial score (nSPS) is 10.5. The summed E-state index contributed by atoms with van der Waals surface area (Å²) in [6.07, 6.45) is 2.72. The molecule has 0 saturated heterocycles. The molecule has 0 fully saturated rings. The molecule has 0 saturated carbocycles. The molecule has 0 aromatic carbocycles. The van der Waals surface area contributed by atoms with Gasteiger partial charge in [0.2, 0.25) is 0 Å². The highest BCUT2D eigenvalue weighted by Gasteiger charge is 2.13. The van der Waals surface area contributed by atoms with Crippen LogP contribution in [0.5, 0.6) is 0 Å². The Morgan fingerprint density at radius 1 is 1.54 bits per heavy atom. The van der Waals surface area contributed by atoms with Crippen LogP contribution >= 0.6 is 11.6 Å². The number of pyridine rings is 1. The first-order valence-electron chi connectivity index (χ1n) is 3.41. The van der Waals surface area contributed by atoms with Gasteiger partial charge in [0.25, 0.3) is 0 Å². The van der Waals surface area contributed by atoms with E-state index >= 15 is 0 Å². The summed E-state index contributed by atoms with van der Waals surface area (Å²) in [7, 11) is 0. The first-order chi connectivity index (χ1) is 6.20. The number of halogens is 1. The summed E-state index contributed by atoms with van der Waals surface area (Å²) in [6, 6.07) is 0. The van der Waals surface area contributed by atoms with Crippen LogP contribution in [-0.2, 0) is 0 Å². The number of carbonyl (C=O) groups is 1. The van der Waals surface area contributed by atoms with E-state index in [1.807, 2.05) is 0 Å². The first kappa shape index (κ1) is 8.00. The van der Waals surface area contributed by atoms with E-state index in [0.29, 0.717) is 10.9 Å². The molecule has 2 N–H and O–H groups in total. The van der Waals surface area contributed by atoms with Crippen molar-refractivity contribution in [2.24, 2.45) is 0 Å². The van der Waals surface area contributed by atoms with E-state index in [4.69, 9.17) is 16.7 Å². The second-order valence-electron chi connectivity index (χ2n) is 2.43. The third kappa shape index (κ3) is 1.13. The van der Waals surface area contributed by atoms with Gasteiger partial charge in [-0.25, -0.2) is 4.79 Å². The third-order valence-electron chi connectivity index (χ3n) is 1.66. The molecule has 0 bridgehead atoms. The van der Waals surface area contributed by atoms with Crippen LogP contribution in [0.3, 0.4) is 0 Å². The molecule has 6 heteroatoms. The predicted octanol–water partition coefficient (Wildman–Crippen LogP) is 1.31. The van der Waals surface area contributed by atoms with Gasteiger partial charge in [0.15, 0.2) is 5.15 Å². The molecule has 2 heterocycles. The van der Waals surface area contributed by atoms with Crippen molar-refractivity contribution in [2.45, 2.75) is 0 Å². The van der Waals surface area contributed by atoms with Crippen LogP contribution in [-0.4, -0.2) is 26.3 Å². The zero-order chi connectivity index (χ0) is 9.42. The topological polar surface area (TPSA) is 78.9 Å². The minimum atomic E-state index is -1.07. The summed E-state index contributed by atoms with van der Waals surface area (Å²) >= 11 is 5.69. The second kappa shape index (κ2) is 2.70. The largest absolute Gasteiger partial charge is 0.478 e. The van der Waals surface area contributed by atoms with Gasteiger partial charge in [-0.05, 0) is 0 Å². The predicted molar refractivity (Wildman–Crippen MR) is 45.9 cm³/mol. The van der Waals surface area contributed by atoms with Crippen molar-refractivity contribution in [2.75, 3.05) is 0 Å². The lowest BCUT2D eigenvalue weighted by molar-refractivity contribution is 0.0698. The Kier molecular flexibility index (Phi) is 1.66. The number of carboxylic acids is 1. The molecule has 2 aromatic heterocycles. The van der Waals surface area contributed by atoms with Crippen molar-refractivity contribution in [1.82, 2.24) is 15.2 Å². The highest BCUT2D eigenvalue weighted by atomic mass is 35.5. The van der Waals surface area contributed by atoms with Crippen LogP contribution < -0.4 is 0 Å². The fourth-order valence-corrected chi connectivity index (χ4v) is 1.34. The van der Waals surface area contributed by atoms with E-state index in [1.54, 1.807) is 0 Å². The van der Waals surface area contributed by atoms with Gasteiger partial charge in [-0.15, -0.1) is 0 Å². The van der Waals surface area contributed by atoms with Gasteiger partial charge in [-0.1, -0.05) is 11.6 Å². The van der Waals surface area contributed by atoms with Crippen LogP contribution in [0, 0.1) is 0 Å². The maximum atomic E-state index is 10.7. The average molecular weight is 198 g/mol. The van der Waals surface area contributed by atoms with Crippen molar-refractivity contribution in [1.29, 1.82) is 0 Å². The second-order valence-corrected chi connectivity index (χ2v) is 2.79. The number of aromatic carboxylic acids is 1. The summed E-state index contributed by atoms with van der Waals surface area (Å²) in [5.41, 5.74) is 0.571. The molecule has 2 rings (SSSR count). The SMILES string of the molecule is O=C(O)c1cncc2[nH]nc(Cl)c12. The highest BCUT2D eigenvalue weighted by molar-refractivity contribution is 6.35. The Morgan fingerprint density at radius 3 is 3.00 bits per heavy atom. The molecule has 2 aromatic rings. The molecule has 0 amide bonds. The number of aromatic nitrogens is 3. The standard InChI is InChI=1S/C7H4ClN3O2/c8-6-5-3(7(12)13)1-9-2-4(5)10-11-6/h1-2H,(H,10,11)(H,12,13). The average Bonchev–Trinajstić information content (AvgIpc) is 2.48. The molecule has 0 aliphatic heterocycles. The van der Waals surface area contributed by atoms with Gasteiger partial charge in [0.1, 0.15) is 0 Å². The molecule has 0 aliphatic rings. The van der Waals surface area contributed by atoms with Crippen molar-refractivity contribution in [3.8, 4) is 0 Å². The van der Waals surface area contributed by atoms with Gasteiger partial charge >= 0.3 is 5.97 Å². The van der Waals surface area contributed by atoms with E-state index in [0.717, 1.165) is 0 Å². The quantitative estimate of drug-likeness (QED) is 0.723. The van der Waals surface area contributed by atoms with Crippen LogP contribution in [0.15, 0.2) is 12.4 Å². The van der Waals surface area contributed by atoms with Crippen LogP contribution in [0.1, 0.15) is 10.4 Å². The molecule has 0 spiro atoms. The van der Waals surface area contributed by atoms with Gasteiger partial charge in [-0.3, -0.25) is 10.1 Å². The number of nitrogens with zero attached hydrogens (tertiary/aromatic N) is 2. The molecule has 0 radical (unpaired) electrons. The zero-order valence-corrected chi connectivity index (χ0v) is 7.04. The van der Waals surface area contributed by atoms with E-state index in [-0.39, 0.29) is 10.7 Å². The Morgan fingerprint density at radius 2 is 2.31 bits per heavy atom. The third-order valence-corrected chi connectivity index (χ3v) is 1.93. The number of fused-ring (bicyclic) bond motifs is 1. The number of hydrogen-bond acceptors (Lipinski definition) is 3. The maximum absolute atomic E-state index is 10.7. The number of hydrogen-bond donors (Lipinski definition) is 2. The van der Waals surface area contributed by atoms with Gasteiger partial charge in [-0.2, -0.15) is 5.10 Å². The lowest BCUT2D eigenvalue weighted by Crippen LogP contribution is -1.97. The lowest BCUT2D eigenvalue weighted by Gasteiger charge is -1.94. The minimum absolute atomic E-state index is 0.0521. The summed E-state index contributed by atoms with van der Waals surface area (Å²) in [5.74, 6) is -1.07. The number of nitrogens with one attached hydrogen (secondary N) is 1. The first-order valence-corrected chi connectivity index (χ1v) is 3.79. The summed E-state index contributed by atoms with van der Waals surface area (Å²) < 4.78 is 0. The van der Waals surface area contributed by atoms with Crippen molar-refractivity contribution in [3.63, 3.8) is 0 Å². The fraction of sp³-hybridized carbons (Fsp3) is 0. The van der Waals surface area contributed by atoms with E-state index in [1.165, 1.54) is 12.4 Å². The number of carboxylic acid groups (broad SMARTS) is 1. The van der Waals surface area contributed by atoms with Gasteiger partial charge in [0, 0.05) is 6.20 Å². The summed E-state index contributed by atoms with van der Waals surface area (Å²) in [4.78, 5) is 14.5. The zero-order valence-electron chi connectivity index (χ0n) is 6.28. The monoisotopic (exact) mass is 197 g/mol. The van der Waals surface area contributed by atoms with Crippen LogP contribution in [0.25, 0.3) is 10.9 Å². The minimum Gasteiger partial charge on any atom is -0.478 e. The Labute approximate surface area is 77.4 Å². The molecular formula is C7H4ClN3O2. The lowest BCUT2D eigenvalue weighted by atomic mass is 10.2. The molecule has 66 valence electrons. The van der Waals surface area contributed by atoms with E-state index in [2.05, 4.69) is 15.2 Å². The molecule has 0 atom stereocenters. The Balaban J connectivity index is 2.88. The summed E-state index contributed by atoms with van der Waals surface area (Å²) in [5, 5.41) is 15.6. The highest BCUT2D eigenvalue weighted by Crippen LogP contribution is 2.22. The molecule has 13 heavy (non-hydrogen) atoms. The maximum Gasteiger partial charge on any atom is 0.338 e. The molecular weight excluding hydrogens is 194 g/mol. The molecule has 5 nitrogen and oxygen atoms in total. The van der Waals surface area contributed by atoms with E-state index < -0.39 is 5.97 Å². The van der Waals surface area contributed by atoms with Gasteiger partial charge < -0.3 is 5.11 Å². The van der Waals surface area contributed by atoms with Crippen LogP contribution in [0.4, 0.5) is 0 Å². The number of H-pyrrole nitrogens is 1.